The highest BCUT2D eigenvalue weighted by atomic mass is 16.6. The minimum atomic E-state index is -0.546. The topological polar surface area (TPSA) is 63.5 Å². The maximum atomic E-state index is 12.9. The van der Waals surface area contributed by atoms with Crippen LogP contribution in [-0.2, 0) is 14.3 Å². The first kappa shape index (κ1) is 20.5. The third-order valence-corrected chi connectivity index (χ3v) is 9.01. The Morgan fingerprint density at radius 1 is 1.27 bits per heavy atom. The Balaban J connectivity index is 1.30. The van der Waals surface area contributed by atoms with Crippen molar-refractivity contribution in [3.05, 3.63) is 35.9 Å². The SMILES string of the molecule is C[C@@H]([C@@H](O)c1ccccc1)[NH+](C)C[C@H]1C(=O)O[C@@H]2C[C@@]3(C)CCC[C@]4(CO4)[C@@H]3C[C@@H]21. The van der Waals surface area contributed by atoms with Crippen LogP contribution in [0.4, 0.5) is 0 Å². The van der Waals surface area contributed by atoms with Crippen molar-refractivity contribution in [1.82, 2.24) is 0 Å². The molecule has 0 bridgehead atoms. The Morgan fingerprint density at radius 3 is 2.70 bits per heavy atom. The molecule has 9 atom stereocenters. The largest absolute Gasteiger partial charge is 0.462 e. The van der Waals surface area contributed by atoms with Gasteiger partial charge in [-0.25, -0.2) is 0 Å². The number of hydrogen-bond donors (Lipinski definition) is 2. The molecule has 2 saturated heterocycles. The predicted molar refractivity (Wildman–Crippen MR) is 113 cm³/mol. The summed E-state index contributed by atoms with van der Waals surface area (Å²) in [5, 5.41) is 10.8. The molecule has 5 rings (SSSR count). The van der Waals surface area contributed by atoms with Crippen LogP contribution in [0.15, 0.2) is 30.3 Å². The summed E-state index contributed by atoms with van der Waals surface area (Å²) in [6.07, 6.45) is 5.16. The number of likely N-dealkylation sites (N-methyl/N-ethyl adjacent to an activating group) is 1. The van der Waals surface area contributed by atoms with Crippen LogP contribution in [0.5, 0.6) is 0 Å². The maximum Gasteiger partial charge on any atom is 0.315 e. The van der Waals surface area contributed by atoms with Crippen LogP contribution < -0.4 is 4.90 Å². The fourth-order valence-electron chi connectivity index (χ4n) is 6.93. The number of ether oxygens (including phenoxy) is 2. The van der Waals surface area contributed by atoms with Crippen molar-refractivity contribution in [1.29, 1.82) is 0 Å². The van der Waals surface area contributed by atoms with Gasteiger partial charge in [-0.15, -0.1) is 0 Å². The number of hydrogen-bond acceptors (Lipinski definition) is 4. The first-order valence-electron chi connectivity index (χ1n) is 11.7. The Hall–Kier alpha value is -1.43. The number of carbonyl (C=O) groups excluding carboxylic acids is 1. The predicted octanol–water partition coefficient (Wildman–Crippen LogP) is 2.15. The zero-order valence-corrected chi connectivity index (χ0v) is 18.5. The van der Waals surface area contributed by atoms with Gasteiger partial charge in [0, 0.05) is 5.92 Å². The molecule has 0 aromatic heterocycles. The van der Waals surface area contributed by atoms with Crippen LogP contribution in [-0.4, -0.2) is 49.0 Å². The number of rotatable bonds is 5. The third-order valence-electron chi connectivity index (χ3n) is 9.01. The van der Waals surface area contributed by atoms with Crippen LogP contribution >= 0.6 is 0 Å². The minimum absolute atomic E-state index is 0.000828. The van der Waals surface area contributed by atoms with Crippen molar-refractivity contribution in [2.75, 3.05) is 20.2 Å². The summed E-state index contributed by atoms with van der Waals surface area (Å²) >= 11 is 0. The van der Waals surface area contributed by atoms with Gasteiger partial charge in [0.15, 0.2) is 0 Å². The summed E-state index contributed by atoms with van der Waals surface area (Å²) in [7, 11) is 2.09. The second kappa shape index (κ2) is 7.32. The van der Waals surface area contributed by atoms with E-state index in [1.54, 1.807) is 0 Å². The molecule has 0 radical (unpaired) electrons. The van der Waals surface area contributed by atoms with Gasteiger partial charge in [-0.1, -0.05) is 37.3 Å². The minimum Gasteiger partial charge on any atom is -0.462 e. The molecule has 2 aliphatic carbocycles. The Labute approximate surface area is 179 Å². The summed E-state index contributed by atoms with van der Waals surface area (Å²) in [5.74, 6) is 0.719. The Bertz CT molecular complexity index is 794. The third kappa shape index (κ3) is 3.30. The number of benzene rings is 1. The smallest absolute Gasteiger partial charge is 0.315 e. The first-order valence-corrected chi connectivity index (χ1v) is 11.7. The van der Waals surface area contributed by atoms with Gasteiger partial charge in [-0.2, -0.15) is 0 Å². The van der Waals surface area contributed by atoms with Crippen molar-refractivity contribution >= 4 is 5.97 Å². The Morgan fingerprint density at radius 2 is 2.00 bits per heavy atom. The quantitative estimate of drug-likeness (QED) is 0.573. The molecular weight excluding hydrogens is 378 g/mol. The lowest BCUT2D eigenvalue weighted by Gasteiger charge is -2.51. The first-order chi connectivity index (χ1) is 14.3. The summed E-state index contributed by atoms with van der Waals surface area (Å²) in [6.45, 7) is 6.07. The van der Waals surface area contributed by atoms with E-state index in [2.05, 4.69) is 20.9 Å². The number of esters is 1. The highest BCUT2D eigenvalue weighted by Crippen LogP contribution is 2.62. The van der Waals surface area contributed by atoms with Gasteiger partial charge in [0.25, 0.3) is 0 Å². The molecular formula is C25H36NO4+. The molecule has 0 amide bonds. The van der Waals surface area contributed by atoms with Crippen molar-refractivity contribution in [2.24, 2.45) is 23.2 Å². The molecule has 5 heteroatoms. The molecule has 30 heavy (non-hydrogen) atoms. The molecule has 2 saturated carbocycles. The van der Waals surface area contributed by atoms with Gasteiger partial charge in [0.1, 0.15) is 24.2 Å². The number of epoxide rings is 1. The normalized spacial score (nSPS) is 42.7. The van der Waals surface area contributed by atoms with E-state index in [1.165, 1.54) is 24.2 Å². The number of aliphatic hydroxyl groups excluding tert-OH is 1. The van der Waals surface area contributed by atoms with Gasteiger partial charge >= 0.3 is 5.97 Å². The molecule has 1 unspecified atom stereocenters. The van der Waals surface area contributed by atoms with Crippen LogP contribution in [0.2, 0.25) is 0 Å². The number of nitrogens with one attached hydrogen (secondary N) is 1. The molecule has 1 spiro atoms. The number of quaternary nitrogens is 1. The molecule has 4 fully saturated rings. The summed E-state index contributed by atoms with van der Waals surface area (Å²) < 4.78 is 12.0. The maximum absolute atomic E-state index is 12.9. The van der Waals surface area contributed by atoms with E-state index in [9.17, 15) is 9.90 Å². The second-order valence-corrected chi connectivity index (χ2v) is 10.8. The van der Waals surface area contributed by atoms with E-state index in [4.69, 9.17) is 9.47 Å². The van der Waals surface area contributed by atoms with E-state index in [1.807, 2.05) is 30.3 Å². The van der Waals surface area contributed by atoms with Crippen molar-refractivity contribution in [3.8, 4) is 0 Å². The standard InChI is InChI=1S/C25H35NO4/c1-16(22(27)17-8-5-4-6-9-17)26(3)14-19-18-12-21-24(2,13-20(18)30-23(19)28)10-7-11-25(21)15-29-25/h4-6,8-9,16,18-22,27H,7,10-15H2,1-3H3/p+1/t16-,18+,19+,20+,21+,22+,24+,25-/m0/s1. The zero-order valence-electron chi connectivity index (χ0n) is 18.5. The van der Waals surface area contributed by atoms with E-state index < -0.39 is 6.10 Å². The summed E-state index contributed by atoms with van der Waals surface area (Å²) in [6, 6.07) is 9.81. The molecule has 2 heterocycles. The fraction of sp³-hybridized carbons (Fsp3) is 0.720. The molecule has 4 aliphatic rings. The molecule has 2 N–H and O–H groups in total. The van der Waals surface area contributed by atoms with E-state index >= 15 is 0 Å². The molecule has 5 nitrogen and oxygen atoms in total. The van der Waals surface area contributed by atoms with Gasteiger partial charge in [0.2, 0.25) is 0 Å². The fourth-order valence-corrected chi connectivity index (χ4v) is 6.93. The summed E-state index contributed by atoms with van der Waals surface area (Å²) in [5.41, 5.74) is 1.25. The lowest BCUT2D eigenvalue weighted by molar-refractivity contribution is -0.911. The van der Waals surface area contributed by atoms with Gasteiger partial charge in [-0.3, -0.25) is 4.79 Å². The molecule has 2 aliphatic heterocycles. The molecule has 1 aromatic rings. The van der Waals surface area contributed by atoms with E-state index in [0.29, 0.717) is 12.5 Å². The number of carbonyl (C=O) groups is 1. The Kier molecular flexibility index (Phi) is 4.99. The highest BCUT2D eigenvalue weighted by molar-refractivity contribution is 5.75. The lowest BCUT2D eigenvalue weighted by Crippen LogP contribution is -3.14. The average molecular weight is 415 g/mol. The van der Waals surface area contributed by atoms with Crippen molar-refractivity contribution in [2.45, 2.75) is 69.8 Å². The van der Waals surface area contributed by atoms with Crippen molar-refractivity contribution < 1.29 is 24.3 Å². The van der Waals surface area contributed by atoms with E-state index in [-0.39, 0.29) is 41.0 Å². The number of aliphatic hydroxyl groups is 1. The zero-order chi connectivity index (χ0) is 21.1. The summed E-state index contributed by atoms with van der Waals surface area (Å²) in [4.78, 5) is 14.1. The van der Waals surface area contributed by atoms with Gasteiger partial charge < -0.3 is 19.5 Å². The highest BCUT2D eigenvalue weighted by Gasteiger charge is 2.65. The van der Waals surface area contributed by atoms with Crippen LogP contribution in [0, 0.1) is 23.2 Å². The van der Waals surface area contributed by atoms with Crippen LogP contribution in [0.1, 0.15) is 57.6 Å². The lowest BCUT2D eigenvalue weighted by atomic mass is 9.53. The van der Waals surface area contributed by atoms with Crippen LogP contribution in [0.3, 0.4) is 0 Å². The van der Waals surface area contributed by atoms with Crippen LogP contribution in [0.25, 0.3) is 0 Å². The molecule has 164 valence electrons. The average Bonchev–Trinajstić information content (AvgIpc) is 3.44. The molecule has 1 aromatic carbocycles. The second-order valence-electron chi connectivity index (χ2n) is 10.8. The number of fused-ring (bicyclic) bond motifs is 3. The van der Waals surface area contributed by atoms with Gasteiger partial charge in [0.05, 0.1) is 25.8 Å². The monoisotopic (exact) mass is 414 g/mol. The van der Waals surface area contributed by atoms with Gasteiger partial charge in [-0.05, 0) is 55.9 Å². The van der Waals surface area contributed by atoms with E-state index in [0.717, 1.165) is 25.0 Å². The van der Waals surface area contributed by atoms with Crippen molar-refractivity contribution in [3.63, 3.8) is 0 Å².